The average Bonchev–Trinajstić information content (AvgIpc) is 3.24. The minimum Gasteiger partial charge on any atom is -0.462 e. The summed E-state index contributed by atoms with van der Waals surface area (Å²) >= 11 is 0. The lowest BCUT2D eigenvalue weighted by Gasteiger charge is -2.18. The summed E-state index contributed by atoms with van der Waals surface area (Å²) in [5.74, 6) is -0.853. The quantitative estimate of drug-likeness (QED) is 0.0263. The van der Waals surface area contributed by atoms with E-state index in [1.165, 1.54) is 199 Å². The van der Waals surface area contributed by atoms with Gasteiger partial charge in [0, 0.05) is 19.3 Å². The number of ether oxygens (including phenoxy) is 3. The van der Waals surface area contributed by atoms with Crippen molar-refractivity contribution in [2.45, 2.75) is 303 Å². The highest BCUT2D eigenvalue weighted by atomic mass is 16.6. The van der Waals surface area contributed by atoms with Crippen molar-refractivity contribution in [3.05, 3.63) is 12.2 Å². The number of carbonyl (C=O) groups is 3. The molecule has 0 rings (SSSR count). The second kappa shape index (κ2) is 49.8. The summed E-state index contributed by atoms with van der Waals surface area (Å²) in [6, 6.07) is 0. The van der Waals surface area contributed by atoms with E-state index in [2.05, 4.69) is 32.9 Å². The minimum atomic E-state index is -0.763. The Bertz CT molecular complexity index is 931. The number of esters is 3. The summed E-state index contributed by atoms with van der Waals surface area (Å²) in [5, 5.41) is 0. The van der Waals surface area contributed by atoms with E-state index in [-0.39, 0.29) is 31.1 Å². The molecule has 0 aromatic rings. The van der Waals surface area contributed by atoms with Crippen molar-refractivity contribution in [2.24, 2.45) is 0 Å². The molecule has 0 bridgehead atoms. The van der Waals surface area contributed by atoms with Gasteiger partial charge in [0.15, 0.2) is 6.10 Å². The molecule has 1 atom stereocenters. The highest BCUT2D eigenvalue weighted by molar-refractivity contribution is 5.71. The molecule has 0 aliphatic heterocycles. The zero-order valence-corrected chi connectivity index (χ0v) is 40.5. The molecule has 0 saturated heterocycles. The fourth-order valence-electron chi connectivity index (χ4n) is 7.97. The van der Waals surface area contributed by atoms with E-state index in [4.69, 9.17) is 14.2 Å². The predicted octanol–water partition coefficient (Wildman–Crippen LogP) is 17.4. The van der Waals surface area contributed by atoms with Gasteiger partial charge in [0.2, 0.25) is 0 Å². The zero-order chi connectivity index (χ0) is 43.7. The van der Waals surface area contributed by atoms with Gasteiger partial charge in [-0.1, -0.05) is 245 Å². The Kier molecular flexibility index (Phi) is 48.3. The normalized spacial score (nSPS) is 12.0. The van der Waals surface area contributed by atoms with Crippen molar-refractivity contribution < 1.29 is 28.6 Å². The van der Waals surface area contributed by atoms with Crippen LogP contribution in [-0.2, 0) is 28.6 Å². The Balaban J connectivity index is 4.24. The molecule has 60 heavy (non-hydrogen) atoms. The van der Waals surface area contributed by atoms with E-state index in [1.54, 1.807) is 0 Å². The third-order valence-corrected chi connectivity index (χ3v) is 12.0. The van der Waals surface area contributed by atoms with E-state index in [0.717, 1.165) is 57.8 Å². The summed E-state index contributed by atoms with van der Waals surface area (Å²) in [4.78, 5) is 37.9. The molecule has 0 aliphatic carbocycles. The number of rotatable bonds is 49. The highest BCUT2D eigenvalue weighted by Gasteiger charge is 2.19. The van der Waals surface area contributed by atoms with Gasteiger partial charge in [-0.15, -0.1) is 0 Å². The maximum absolute atomic E-state index is 12.8. The van der Waals surface area contributed by atoms with Gasteiger partial charge < -0.3 is 14.2 Å². The molecule has 0 saturated carbocycles. The van der Waals surface area contributed by atoms with Crippen LogP contribution in [0.15, 0.2) is 12.2 Å². The molecular formula is C54H102O6. The summed E-state index contributed by atoms with van der Waals surface area (Å²) < 4.78 is 16.8. The maximum Gasteiger partial charge on any atom is 0.306 e. The van der Waals surface area contributed by atoms with Crippen molar-refractivity contribution in [2.75, 3.05) is 13.2 Å². The molecule has 0 aromatic carbocycles. The van der Waals surface area contributed by atoms with Gasteiger partial charge in [-0.3, -0.25) is 14.4 Å². The van der Waals surface area contributed by atoms with Crippen LogP contribution in [0.25, 0.3) is 0 Å². The van der Waals surface area contributed by atoms with Crippen molar-refractivity contribution >= 4 is 17.9 Å². The largest absolute Gasteiger partial charge is 0.462 e. The third-order valence-electron chi connectivity index (χ3n) is 12.0. The molecule has 0 spiro atoms. The lowest BCUT2D eigenvalue weighted by atomic mass is 10.0. The summed E-state index contributed by atoms with van der Waals surface area (Å²) in [6.07, 6.45) is 54.9. The second-order valence-corrected chi connectivity index (χ2v) is 18.2. The summed E-state index contributed by atoms with van der Waals surface area (Å²) in [7, 11) is 0. The zero-order valence-electron chi connectivity index (χ0n) is 40.5. The van der Waals surface area contributed by atoms with Gasteiger partial charge in [0.1, 0.15) is 13.2 Å². The Morgan fingerprint density at radius 1 is 0.317 bits per heavy atom. The molecule has 0 aliphatic rings. The fourth-order valence-corrected chi connectivity index (χ4v) is 7.97. The fraction of sp³-hybridized carbons (Fsp3) is 0.907. The molecule has 354 valence electrons. The van der Waals surface area contributed by atoms with Crippen LogP contribution in [0.2, 0.25) is 0 Å². The van der Waals surface area contributed by atoms with Crippen LogP contribution in [-0.4, -0.2) is 37.2 Å². The van der Waals surface area contributed by atoms with Crippen LogP contribution < -0.4 is 0 Å². The molecule has 0 amide bonds. The number of unbranched alkanes of at least 4 members (excludes halogenated alkanes) is 36. The summed E-state index contributed by atoms with van der Waals surface area (Å²) in [5.41, 5.74) is 0. The molecule has 0 heterocycles. The molecule has 0 radical (unpaired) electrons. The van der Waals surface area contributed by atoms with E-state index in [9.17, 15) is 14.4 Å². The first-order chi connectivity index (χ1) is 29.5. The van der Waals surface area contributed by atoms with Crippen molar-refractivity contribution in [1.82, 2.24) is 0 Å². The summed E-state index contributed by atoms with van der Waals surface area (Å²) in [6.45, 7) is 6.65. The highest BCUT2D eigenvalue weighted by Crippen LogP contribution is 2.16. The van der Waals surface area contributed by atoms with Crippen molar-refractivity contribution in [3.63, 3.8) is 0 Å². The second-order valence-electron chi connectivity index (χ2n) is 18.2. The molecule has 6 nitrogen and oxygen atoms in total. The monoisotopic (exact) mass is 847 g/mol. The molecule has 0 N–H and O–H groups in total. The number of hydrogen-bond acceptors (Lipinski definition) is 6. The first-order valence-electron chi connectivity index (χ1n) is 26.7. The average molecular weight is 847 g/mol. The van der Waals surface area contributed by atoms with Gasteiger partial charge >= 0.3 is 17.9 Å². The lowest BCUT2D eigenvalue weighted by molar-refractivity contribution is -0.167. The maximum atomic E-state index is 12.8. The smallest absolute Gasteiger partial charge is 0.306 e. The van der Waals surface area contributed by atoms with Gasteiger partial charge in [-0.25, -0.2) is 0 Å². The van der Waals surface area contributed by atoms with Crippen molar-refractivity contribution in [1.29, 1.82) is 0 Å². The SMILES string of the molecule is CCCCCCCC/C=C\CCCCCCCCCCCC(=O)OCC(COC(=O)CCCCCCCCCCC)OC(=O)CCCCCCCCCCCCCCCC. The van der Waals surface area contributed by atoms with Crippen LogP contribution in [0, 0.1) is 0 Å². The van der Waals surface area contributed by atoms with E-state index < -0.39 is 6.10 Å². The van der Waals surface area contributed by atoms with E-state index in [1.807, 2.05) is 0 Å². The van der Waals surface area contributed by atoms with Crippen LogP contribution >= 0.6 is 0 Å². The third kappa shape index (κ3) is 47.2. The first-order valence-corrected chi connectivity index (χ1v) is 26.7. The van der Waals surface area contributed by atoms with Crippen LogP contribution in [0.4, 0.5) is 0 Å². The Labute approximate surface area is 373 Å². The topological polar surface area (TPSA) is 78.9 Å². The first kappa shape index (κ1) is 58.1. The molecule has 0 aromatic heterocycles. The van der Waals surface area contributed by atoms with Crippen LogP contribution in [0.3, 0.4) is 0 Å². The van der Waals surface area contributed by atoms with Gasteiger partial charge in [0.25, 0.3) is 0 Å². The van der Waals surface area contributed by atoms with Gasteiger partial charge in [0.05, 0.1) is 0 Å². The molecular weight excluding hydrogens is 745 g/mol. The van der Waals surface area contributed by atoms with E-state index in [0.29, 0.717) is 19.3 Å². The standard InChI is InChI=1S/C54H102O6/c1-4-7-10-13-16-19-21-23-25-26-27-28-29-31-32-35-38-41-44-47-53(56)59-50-51(49-58-52(55)46-43-40-37-34-18-15-12-9-6-3)60-54(57)48-45-42-39-36-33-30-24-22-20-17-14-11-8-5-2/h23,25,51H,4-22,24,26-50H2,1-3H3/b25-23-. The van der Waals surface area contributed by atoms with Gasteiger partial charge in [-0.05, 0) is 44.9 Å². The number of allylic oxidation sites excluding steroid dienone is 2. The Hall–Kier alpha value is -1.85. The van der Waals surface area contributed by atoms with Crippen molar-refractivity contribution in [3.8, 4) is 0 Å². The number of hydrogen-bond donors (Lipinski definition) is 0. The molecule has 6 heteroatoms. The lowest BCUT2D eigenvalue weighted by Crippen LogP contribution is -2.30. The van der Waals surface area contributed by atoms with Gasteiger partial charge in [-0.2, -0.15) is 0 Å². The Morgan fingerprint density at radius 3 is 0.833 bits per heavy atom. The van der Waals surface area contributed by atoms with Crippen LogP contribution in [0.5, 0.6) is 0 Å². The minimum absolute atomic E-state index is 0.0655. The van der Waals surface area contributed by atoms with Crippen LogP contribution in [0.1, 0.15) is 297 Å². The number of carbonyl (C=O) groups excluding carboxylic acids is 3. The Morgan fingerprint density at radius 2 is 0.550 bits per heavy atom. The predicted molar refractivity (Wildman–Crippen MR) is 256 cm³/mol. The van der Waals surface area contributed by atoms with E-state index >= 15 is 0 Å². The molecule has 0 fully saturated rings. The molecule has 1 unspecified atom stereocenters.